The highest BCUT2D eigenvalue weighted by atomic mass is 35.5. The number of nitrogens with zero attached hydrogens (tertiary/aromatic N) is 1. The molecule has 1 aromatic carbocycles. The van der Waals surface area contributed by atoms with E-state index >= 15 is 0 Å². The Hall–Kier alpha value is -1.07. The third-order valence-corrected chi connectivity index (χ3v) is 4.38. The molecule has 0 spiro atoms. The third kappa shape index (κ3) is 5.92. The Morgan fingerprint density at radius 1 is 1.30 bits per heavy atom. The van der Waals surface area contributed by atoms with E-state index in [1.54, 1.807) is 11.9 Å². The minimum atomic E-state index is -3.10. The number of carbonyl (C=O) groups excluding carboxylic acids is 1. The summed E-state index contributed by atoms with van der Waals surface area (Å²) in [5.41, 5.74) is 1.09. The van der Waals surface area contributed by atoms with Gasteiger partial charge in [0, 0.05) is 30.8 Å². The van der Waals surface area contributed by atoms with E-state index < -0.39 is 9.84 Å². The van der Waals surface area contributed by atoms with Crippen molar-refractivity contribution < 1.29 is 13.2 Å². The molecule has 20 heavy (non-hydrogen) atoms. The molecule has 0 aliphatic carbocycles. The van der Waals surface area contributed by atoms with Gasteiger partial charge in [0.15, 0.2) is 0 Å². The van der Waals surface area contributed by atoms with Gasteiger partial charge in [0.25, 0.3) is 0 Å². The maximum Gasteiger partial charge on any atom is 0.223 e. The van der Waals surface area contributed by atoms with Crippen LogP contribution in [0.3, 0.4) is 0 Å². The molecular weight excluding hydrogens is 298 g/mol. The quantitative estimate of drug-likeness (QED) is 0.808. The first-order valence-corrected chi connectivity index (χ1v) is 8.80. The van der Waals surface area contributed by atoms with Crippen molar-refractivity contribution in [2.75, 3.05) is 19.1 Å². The Morgan fingerprint density at radius 2 is 1.85 bits per heavy atom. The molecule has 0 bridgehead atoms. The lowest BCUT2D eigenvalue weighted by atomic mass is 10.1. The van der Waals surface area contributed by atoms with Crippen molar-refractivity contribution in [2.24, 2.45) is 0 Å². The van der Waals surface area contributed by atoms with Crippen LogP contribution >= 0.6 is 11.6 Å². The van der Waals surface area contributed by atoms with Crippen molar-refractivity contribution >= 4 is 27.3 Å². The Balaban J connectivity index is 2.55. The summed E-state index contributed by atoms with van der Waals surface area (Å²) in [4.78, 5) is 13.5. The SMILES string of the molecule is C[C@@H](Cc1ccc(Cl)cc1)N(C)C(=O)CCS(C)(=O)=O. The standard InChI is InChI=1S/C14H20ClNO3S/c1-11(10-12-4-6-13(15)7-5-12)16(2)14(17)8-9-20(3,18)19/h4-7,11H,8-10H2,1-3H3/t11-/m0/s1. The number of hydrogen-bond donors (Lipinski definition) is 0. The molecular formula is C14H20ClNO3S. The number of amides is 1. The minimum absolute atomic E-state index is 0.00300. The van der Waals surface area contributed by atoms with Crippen molar-refractivity contribution in [3.05, 3.63) is 34.9 Å². The second kappa shape index (κ2) is 7.09. The Morgan fingerprint density at radius 3 is 2.35 bits per heavy atom. The normalized spacial score (nSPS) is 13.0. The fourth-order valence-electron chi connectivity index (χ4n) is 1.79. The van der Waals surface area contributed by atoms with E-state index in [4.69, 9.17) is 11.6 Å². The van der Waals surface area contributed by atoms with Gasteiger partial charge in [-0.05, 0) is 31.0 Å². The van der Waals surface area contributed by atoms with Crippen molar-refractivity contribution in [1.29, 1.82) is 0 Å². The van der Waals surface area contributed by atoms with Crippen LogP contribution in [0.4, 0.5) is 0 Å². The average molecular weight is 318 g/mol. The summed E-state index contributed by atoms with van der Waals surface area (Å²) in [6, 6.07) is 7.48. The van der Waals surface area contributed by atoms with Gasteiger partial charge in [-0.25, -0.2) is 8.42 Å². The molecule has 0 saturated heterocycles. The van der Waals surface area contributed by atoms with E-state index in [1.165, 1.54) is 0 Å². The maximum atomic E-state index is 11.9. The van der Waals surface area contributed by atoms with Crippen LogP contribution in [-0.2, 0) is 21.1 Å². The van der Waals surface area contributed by atoms with E-state index in [0.717, 1.165) is 11.8 Å². The van der Waals surface area contributed by atoms with Crippen LogP contribution < -0.4 is 0 Å². The minimum Gasteiger partial charge on any atom is -0.343 e. The number of sulfone groups is 1. The van der Waals surface area contributed by atoms with Gasteiger partial charge in [-0.3, -0.25) is 4.79 Å². The second-order valence-corrected chi connectivity index (χ2v) is 7.76. The largest absolute Gasteiger partial charge is 0.343 e. The zero-order chi connectivity index (χ0) is 15.3. The molecule has 0 N–H and O–H groups in total. The van der Waals surface area contributed by atoms with E-state index in [0.29, 0.717) is 11.4 Å². The molecule has 0 radical (unpaired) electrons. The van der Waals surface area contributed by atoms with Gasteiger partial charge in [0.05, 0.1) is 5.75 Å². The fraction of sp³-hybridized carbons (Fsp3) is 0.500. The molecule has 1 atom stereocenters. The number of rotatable bonds is 6. The molecule has 0 saturated carbocycles. The van der Waals surface area contributed by atoms with Gasteiger partial charge in [0.2, 0.25) is 5.91 Å². The molecule has 0 heterocycles. The first-order valence-electron chi connectivity index (χ1n) is 6.37. The summed E-state index contributed by atoms with van der Waals surface area (Å²) in [5.74, 6) is -0.263. The van der Waals surface area contributed by atoms with Crippen molar-refractivity contribution in [3.8, 4) is 0 Å². The highest BCUT2D eigenvalue weighted by Gasteiger charge is 2.17. The summed E-state index contributed by atoms with van der Waals surface area (Å²) < 4.78 is 22.1. The Labute approximate surface area is 125 Å². The highest BCUT2D eigenvalue weighted by molar-refractivity contribution is 7.90. The van der Waals surface area contributed by atoms with Crippen molar-refractivity contribution in [1.82, 2.24) is 4.90 Å². The summed E-state index contributed by atoms with van der Waals surface area (Å²) in [7, 11) is -1.40. The first-order chi connectivity index (χ1) is 9.19. The van der Waals surface area contributed by atoms with Crippen LogP contribution in [0.5, 0.6) is 0 Å². The molecule has 112 valence electrons. The van der Waals surface area contributed by atoms with Crippen LogP contribution in [0.1, 0.15) is 18.9 Å². The van der Waals surface area contributed by atoms with Crippen LogP contribution in [0.2, 0.25) is 5.02 Å². The predicted octanol–water partition coefficient (Wildman–Crippen LogP) is 2.16. The molecule has 4 nitrogen and oxygen atoms in total. The van der Waals surface area contributed by atoms with Crippen LogP contribution in [0.15, 0.2) is 24.3 Å². The van der Waals surface area contributed by atoms with E-state index in [2.05, 4.69) is 0 Å². The van der Waals surface area contributed by atoms with Gasteiger partial charge in [-0.1, -0.05) is 23.7 Å². The molecule has 1 aromatic rings. The number of halogens is 1. The lowest BCUT2D eigenvalue weighted by Crippen LogP contribution is -2.37. The third-order valence-electron chi connectivity index (χ3n) is 3.19. The molecule has 0 fully saturated rings. The fourth-order valence-corrected chi connectivity index (χ4v) is 2.46. The molecule has 0 unspecified atom stereocenters. The molecule has 0 aliphatic rings. The zero-order valence-corrected chi connectivity index (χ0v) is 13.5. The van der Waals surface area contributed by atoms with Crippen LogP contribution in [-0.4, -0.2) is 44.3 Å². The van der Waals surface area contributed by atoms with Gasteiger partial charge in [-0.2, -0.15) is 0 Å². The number of carbonyl (C=O) groups is 1. The molecule has 1 amide bonds. The number of hydrogen-bond acceptors (Lipinski definition) is 3. The monoisotopic (exact) mass is 317 g/mol. The zero-order valence-electron chi connectivity index (χ0n) is 12.0. The topological polar surface area (TPSA) is 54.5 Å². The van der Waals surface area contributed by atoms with Crippen molar-refractivity contribution in [3.63, 3.8) is 0 Å². The molecule has 6 heteroatoms. The van der Waals surface area contributed by atoms with E-state index in [1.807, 2.05) is 31.2 Å². The van der Waals surface area contributed by atoms with Gasteiger partial charge in [-0.15, -0.1) is 0 Å². The summed E-state index contributed by atoms with van der Waals surface area (Å²) in [5, 5.41) is 0.680. The number of likely N-dealkylation sites (N-methyl/N-ethyl adjacent to an activating group) is 1. The average Bonchev–Trinajstić information content (AvgIpc) is 2.36. The molecule has 0 aromatic heterocycles. The first kappa shape index (κ1) is 17.0. The van der Waals surface area contributed by atoms with Crippen LogP contribution in [0, 0.1) is 0 Å². The maximum absolute atomic E-state index is 11.9. The van der Waals surface area contributed by atoms with Gasteiger partial charge >= 0.3 is 0 Å². The highest BCUT2D eigenvalue weighted by Crippen LogP contribution is 2.13. The van der Waals surface area contributed by atoms with E-state index in [9.17, 15) is 13.2 Å². The van der Waals surface area contributed by atoms with Crippen molar-refractivity contribution in [2.45, 2.75) is 25.8 Å². The lowest BCUT2D eigenvalue weighted by molar-refractivity contribution is -0.131. The van der Waals surface area contributed by atoms with E-state index in [-0.39, 0.29) is 24.1 Å². The summed E-state index contributed by atoms with van der Waals surface area (Å²) in [6.45, 7) is 1.94. The molecule has 0 aliphatic heterocycles. The van der Waals surface area contributed by atoms with Crippen LogP contribution in [0.25, 0.3) is 0 Å². The second-order valence-electron chi connectivity index (χ2n) is 5.06. The smallest absolute Gasteiger partial charge is 0.223 e. The predicted molar refractivity (Wildman–Crippen MR) is 81.7 cm³/mol. The van der Waals surface area contributed by atoms with Gasteiger partial charge in [0.1, 0.15) is 9.84 Å². The summed E-state index contributed by atoms with van der Waals surface area (Å²) >= 11 is 5.82. The summed E-state index contributed by atoms with van der Waals surface area (Å²) in [6.07, 6.45) is 1.87. The molecule has 1 rings (SSSR count). The number of benzene rings is 1. The lowest BCUT2D eigenvalue weighted by Gasteiger charge is -2.25. The van der Waals surface area contributed by atoms with Gasteiger partial charge < -0.3 is 4.90 Å². The Kier molecular flexibility index (Phi) is 6.02. The Bertz CT molecular complexity index is 554.